The molecule has 0 spiro atoms. The van der Waals surface area contributed by atoms with Crippen LogP contribution >= 0.6 is 0 Å². The van der Waals surface area contributed by atoms with Gasteiger partial charge in [-0.3, -0.25) is 0 Å². The van der Waals surface area contributed by atoms with Crippen molar-refractivity contribution < 1.29 is 49.5 Å². The molecule has 3 aliphatic carbocycles. The summed E-state index contributed by atoms with van der Waals surface area (Å²) in [6, 6.07) is 31.9. The number of benzene rings is 4. The van der Waals surface area contributed by atoms with Crippen LogP contribution in [0.3, 0.4) is 0 Å². The molecule has 0 amide bonds. The third kappa shape index (κ3) is 4.53. The van der Waals surface area contributed by atoms with Crippen LogP contribution in [0.25, 0.3) is 28.9 Å². The van der Waals surface area contributed by atoms with Crippen LogP contribution in [0, 0.1) is 0 Å². The topological polar surface area (TPSA) is 0 Å². The average molecular weight is 654 g/mol. The Kier molecular flexibility index (Phi) is 8.47. The van der Waals surface area contributed by atoms with Crippen molar-refractivity contribution in [1.82, 2.24) is 0 Å². The molecule has 0 bridgehead atoms. The van der Waals surface area contributed by atoms with Crippen LogP contribution in [-0.2, 0) is 24.7 Å². The van der Waals surface area contributed by atoms with Crippen molar-refractivity contribution in [3.8, 4) is 11.1 Å². The van der Waals surface area contributed by atoms with Crippen molar-refractivity contribution >= 4 is 31.7 Å². The SMILES string of the molecule is CC1=C(C2C=Cc3ccccc32)c2c(cc([SiH](C)C)c(C3C=Cc4ccccc43)c2-c2ccccc2)[CH]1[Zr+2].[Cl-].[Cl-]. The van der Waals surface area contributed by atoms with Crippen LogP contribution in [0.5, 0.6) is 0 Å². The van der Waals surface area contributed by atoms with Gasteiger partial charge >= 0.3 is 245 Å². The van der Waals surface area contributed by atoms with E-state index in [-0.39, 0.29) is 24.8 Å². The van der Waals surface area contributed by atoms with E-state index in [0.29, 0.717) is 15.5 Å². The van der Waals surface area contributed by atoms with Gasteiger partial charge in [-0.15, -0.1) is 0 Å². The van der Waals surface area contributed by atoms with Crippen molar-refractivity contribution in [2.45, 2.75) is 35.5 Å². The molecule has 7 rings (SSSR count). The predicted octanol–water partition coefficient (Wildman–Crippen LogP) is 2.40. The normalized spacial score (nSPS) is 19.8. The van der Waals surface area contributed by atoms with Crippen LogP contribution in [0.4, 0.5) is 0 Å². The van der Waals surface area contributed by atoms with Gasteiger partial charge in [0.05, 0.1) is 0 Å². The number of fused-ring (bicyclic) bond motifs is 3. The molecule has 0 saturated heterocycles. The number of hydrogen-bond donors (Lipinski definition) is 0. The van der Waals surface area contributed by atoms with Gasteiger partial charge in [-0.1, -0.05) is 0 Å². The van der Waals surface area contributed by atoms with E-state index in [9.17, 15) is 0 Å². The van der Waals surface area contributed by atoms with Crippen molar-refractivity contribution in [1.29, 1.82) is 0 Å². The fourth-order valence-corrected chi connectivity index (χ4v) is 9.37. The molecule has 4 aromatic rings. The Morgan fingerprint density at radius 2 is 1.20 bits per heavy atom. The van der Waals surface area contributed by atoms with Crippen LogP contribution in [-0.4, -0.2) is 8.80 Å². The van der Waals surface area contributed by atoms with Gasteiger partial charge in [-0.05, 0) is 0 Å². The van der Waals surface area contributed by atoms with Crippen LogP contribution in [0.2, 0.25) is 13.1 Å². The summed E-state index contributed by atoms with van der Waals surface area (Å²) < 4.78 is 0.516. The van der Waals surface area contributed by atoms with E-state index >= 15 is 0 Å². The van der Waals surface area contributed by atoms with Crippen molar-refractivity contribution in [3.05, 3.63) is 142 Å². The largest absolute Gasteiger partial charge is 1.00 e. The summed E-state index contributed by atoms with van der Waals surface area (Å²) >= 11 is 1.59. The standard InChI is InChI=1S/C36H31Si.2ClH.Zr/c1-23-21-27-22-32(37(2)3)36(31-20-18-25-12-8-10-16-29(25)31)34(26-13-5-4-6-14-26)35(27)33(23)30-19-17-24-11-7-9-15-28(24)30;;;/h4-22,30-31,37H,1-3H3;2*1H;/q;;;+2/p-2. The van der Waals surface area contributed by atoms with Gasteiger partial charge in [0.1, 0.15) is 0 Å². The molecule has 0 fully saturated rings. The molecule has 0 heterocycles. The van der Waals surface area contributed by atoms with Gasteiger partial charge in [-0.2, -0.15) is 0 Å². The molecule has 0 aromatic heterocycles. The minimum absolute atomic E-state index is 0. The Balaban J connectivity index is 0.00000161. The van der Waals surface area contributed by atoms with E-state index in [1.165, 1.54) is 38.9 Å². The van der Waals surface area contributed by atoms with E-state index in [1.54, 1.807) is 52.2 Å². The number of hydrogen-bond acceptors (Lipinski definition) is 0. The van der Waals surface area contributed by atoms with Gasteiger partial charge in [0.25, 0.3) is 0 Å². The number of halogens is 2. The molecule has 4 heteroatoms. The van der Waals surface area contributed by atoms with Gasteiger partial charge in [0.2, 0.25) is 0 Å². The van der Waals surface area contributed by atoms with Crippen LogP contribution in [0.1, 0.15) is 61.3 Å². The minimum Gasteiger partial charge on any atom is -1.00 e. The summed E-state index contributed by atoms with van der Waals surface area (Å²) in [6.07, 6.45) is 9.60. The van der Waals surface area contributed by atoms with E-state index in [4.69, 9.17) is 0 Å². The molecule has 0 N–H and O–H groups in total. The smallest absolute Gasteiger partial charge is 1.00 e. The zero-order valence-corrected chi connectivity index (χ0v) is 28.1. The van der Waals surface area contributed by atoms with E-state index in [1.807, 2.05) is 0 Å². The first-order chi connectivity index (χ1) is 18.5. The quantitative estimate of drug-likeness (QED) is 0.297. The Morgan fingerprint density at radius 1 is 0.650 bits per heavy atom. The fraction of sp³-hybridized carbons (Fsp3) is 0.167. The molecule has 197 valence electrons. The maximum absolute atomic E-state index is 2.66. The molecule has 4 aromatic carbocycles. The Hall–Kier alpha value is -2.22. The molecule has 0 aliphatic heterocycles. The Bertz CT molecular complexity index is 1680. The number of allylic oxidation sites excluding steroid dienone is 4. The maximum Gasteiger partial charge on any atom is -1.00 e. The molecular formula is C36H31Cl2SiZr. The summed E-state index contributed by atoms with van der Waals surface area (Å²) in [7, 11) is -1.13. The second-order valence-electron chi connectivity index (χ2n) is 11.2. The third-order valence-electron chi connectivity index (χ3n) is 8.77. The van der Waals surface area contributed by atoms with Crippen molar-refractivity contribution in [2.24, 2.45) is 0 Å². The summed E-state index contributed by atoms with van der Waals surface area (Å²) in [5.74, 6) is 0.618. The van der Waals surface area contributed by atoms with E-state index in [0.717, 1.165) is 0 Å². The zero-order chi connectivity index (χ0) is 26.0. The minimum atomic E-state index is -1.13. The van der Waals surface area contributed by atoms with Gasteiger partial charge in [0.15, 0.2) is 0 Å². The second-order valence-corrected chi connectivity index (χ2v) is 15.6. The van der Waals surface area contributed by atoms with E-state index in [2.05, 4.69) is 129 Å². The molecule has 3 atom stereocenters. The molecule has 0 nitrogen and oxygen atoms in total. The first kappa shape index (κ1) is 29.3. The summed E-state index contributed by atoms with van der Waals surface area (Å²) in [4.78, 5) is 0. The Morgan fingerprint density at radius 3 is 1.82 bits per heavy atom. The third-order valence-corrected chi connectivity index (χ3v) is 12.3. The maximum atomic E-state index is 2.66. The van der Waals surface area contributed by atoms with Crippen molar-refractivity contribution in [3.63, 3.8) is 0 Å². The van der Waals surface area contributed by atoms with Gasteiger partial charge in [0, 0.05) is 0 Å². The predicted molar refractivity (Wildman–Crippen MR) is 161 cm³/mol. The first-order valence-corrected chi connectivity index (χ1v) is 18.1. The van der Waals surface area contributed by atoms with Crippen LogP contribution < -0.4 is 30.0 Å². The average Bonchev–Trinajstić information content (AvgIpc) is 3.63. The summed E-state index contributed by atoms with van der Waals surface area (Å²) in [5.41, 5.74) is 16.3. The van der Waals surface area contributed by atoms with Crippen LogP contribution in [0.15, 0.2) is 103 Å². The number of rotatable bonds is 4. The Labute approximate surface area is 267 Å². The monoisotopic (exact) mass is 651 g/mol. The molecule has 0 saturated carbocycles. The summed E-state index contributed by atoms with van der Waals surface area (Å²) in [6.45, 7) is 7.43. The second kappa shape index (κ2) is 11.6. The van der Waals surface area contributed by atoms with Crippen molar-refractivity contribution in [2.75, 3.05) is 0 Å². The molecular weight excluding hydrogens is 623 g/mol. The van der Waals surface area contributed by atoms with Gasteiger partial charge in [-0.25, -0.2) is 0 Å². The zero-order valence-electron chi connectivity index (χ0n) is 23.0. The fourth-order valence-electron chi connectivity index (χ4n) is 6.97. The summed E-state index contributed by atoms with van der Waals surface area (Å²) in [5, 5.41) is 1.64. The molecule has 40 heavy (non-hydrogen) atoms. The molecule has 0 radical (unpaired) electrons. The molecule has 3 unspecified atom stereocenters. The van der Waals surface area contributed by atoms with E-state index < -0.39 is 8.80 Å². The molecule has 3 aliphatic rings. The first-order valence-electron chi connectivity index (χ1n) is 13.8. The van der Waals surface area contributed by atoms with Gasteiger partial charge < -0.3 is 24.8 Å².